The van der Waals surface area contributed by atoms with E-state index in [0.717, 1.165) is 0 Å². The number of benzene rings is 1. The van der Waals surface area contributed by atoms with Gasteiger partial charge in [-0.1, -0.05) is 0 Å². The molecule has 210 valence electrons. The second kappa shape index (κ2) is 10.5. The summed E-state index contributed by atoms with van der Waals surface area (Å²) in [5, 5.41) is 18.0. The molecular formula is C28H35FN4O6. The summed E-state index contributed by atoms with van der Waals surface area (Å²) in [7, 11) is 1.58. The van der Waals surface area contributed by atoms with Gasteiger partial charge >= 0.3 is 0 Å². The first-order valence-electron chi connectivity index (χ1n) is 13.0. The molecule has 39 heavy (non-hydrogen) atoms. The summed E-state index contributed by atoms with van der Waals surface area (Å²) >= 11 is 0. The number of ether oxygens (including phenoxy) is 1. The van der Waals surface area contributed by atoms with Gasteiger partial charge in [0.15, 0.2) is 0 Å². The topological polar surface area (TPSA) is 139 Å². The van der Waals surface area contributed by atoms with Crippen LogP contribution < -0.4 is 16.0 Å². The molecule has 1 aliphatic heterocycles. The Morgan fingerprint density at radius 2 is 1.72 bits per heavy atom. The molecule has 2 heterocycles. The van der Waals surface area contributed by atoms with Gasteiger partial charge in [-0.15, -0.1) is 0 Å². The molecule has 10 nitrogen and oxygen atoms in total. The number of hydrogen-bond donors (Lipinski definition) is 4. The van der Waals surface area contributed by atoms with Gasteiger partial charge in [0.1, 0.15) is 11.4 Å². The van der Waals surface area contributed by atoms with Crippen LogP contribution in [-0.2, 0) is 21.4 Å². The molecule has 11 heteroatoms. The van der Waals surface area contributed by atoms with Crippen molar-refractivity contribution in [2.45, 2.75) is 70.6 Å². The molecular weight excluding hydrogens is 507 g/mol. The van der Waals surface area contributed by atoms with Crippen LogP contribution in [0.25, 0.3) is 0 Å². The van der Waals surface area contributed by atoms with E-state index in [1.165, 1.54) is 22.8 Å². The van der Waals surface area contributed by atoms with Crippen molar-refractivity contribution in [3.05, 3.63) is 52.1 Å². The molecule has 0 radical (unpaired) electrons. The summed E-state index contributed by atoms with van der Waals surface area (Å²) in [5.41, 5.74) is -0.129. The number of aliphatic hydroxyl groups excluding tert-OH is 1. The summed E-state index contributed by atoms with van der Waals surface area (Å²) in [6.45, 7) is 7.12. The maximum Gasteiger partial charge on any atom is 0.294 e. The molecule has 3 amide bonds. The molecule has 2 fully saturated rings. The molecule has 1 saturated heterocycles. The van der Waals surface area contributed by atoms with Crippen molar-refractivity contribution in [3.63, 3.8) is 0 Å². The lowest BCUT2D eigenvalue weighted by molar-refractivity contribution is -0.140. The number of aliphatic hydroxyl groups is 1. The highest BCUT2D eigenvalue weighted by Gasteiger charge is 2.48. The number of carbonyl (C=O) groups is 4. The van der Waals surface area contributed by atoms with E-state index in [4.69, 9.17) is 4.74 Å². The van der Waals surface area contributed by atoms with Crippen LogP contribution in [0, 0.1) is 26.6 Å². The zero-order valence-corrected chi connectivity index (χ0v) is 22.9. The van der Waals surface area contributed by atoms with Crippen LogP contribution in [0.2, 0.25) is 0 Å². The normalized spacial score (nSPS) is 22.0. The largest absolute Gasteiger partial charge is 0.393 e. The summed E-state index contributed by atoms with van der Waals surface area (Å²) in [6.07, 6.45) is 0.697. The quantitative estimate of drug-likeness (QED) is 0.313. The van der Waals surface area contributed by atoms with Crippen molar-refractivity contribution in [1.82, 2.24) is 15.2 Å². The van der Waals surface area contributed by atoms with Crippen molar-refractivity contribution in [1.29, 1.82) is 0 Å². The Hall–Kier alpha value is -3.57. The monoisotopic (exact) mass is 542 g/mol. The Morgan fingerprint density at radius 3 is 2.31 bits per heavy atom. The number of amides is 3. The zero-order chi connectivity index (χ0) is 28.7. The number of aromatic nitrogens is 1. The van der Waals surface area contributed by atoms with Gasteiger partial charge in [-0.3, -0.25) is 19.2 Å². The lowest BCUT2D eigenvalue weighted by atomic mass is 9.75. The van der Waals surface area contributed by atoms with Gasteiger partial charge in [-0.2, -0.15) is 0 Å². The van der Waals surface area contributed by atoms with E-state index >= 15 is 0 Å². The van der Waals surface area contributed by atoms with Crippen molar-refractivity contribution in [2.24, 2.45) is 7.05 Å². The van der Waals surface area contributed by atoms with Gasteiger partial charge in [0, 0.05) is 50.0 Å². The highest BCUT2D eigenvalue weighted by Crippen LogP contribution is 2.33. The molecule has 4 rings (SSSR count). The van der Waals surface area contributed by atoms with Gasteiger partial charge in [0.25, 0.3) is 17.6 Å². The second-order valence-corrected chi connectivity index (χ2v) is 11.0. The fraction of sp³-hybridized carbons (Fsp3) is 0.500. The zero-order valence-electron chi connectivity index (χ0n) is 22.9. The highest BCUT2D eigenvalue weighted by molar-refractivity contribution is 6.43. The molecule has 0 unspecified atom stereocenters. The first-order chi connectivity index (χ1) is 18.3. The Bertz CT molecular complexity index is 1340. The van der Waals surface area contributed by atoms with E-state index < -0.39 is 46.5 Å². The van der Waals surface area contributed by atoms with E-state index in [0.29, 0.717) is 35.3 Å². The van der Waals surface area contributed by atoms with E-state index in [1.54, 1.807) is 27.8 Å². The lowest BCUT2D eigenvalue weighted by Crippen LogP contribution is -2.67. The fourth-order valence-corrected chi connectivity index (χ4v) is 5.54. The second-order valence-electron chi connectivity index (χ2n) is 11.0. The maximum atomic E-state index is 13.6. The molecule has 1 saturated carbocycles. The smallest absolute Gasteiger partial charge is 0.294 e. The molecule has 0 atom stereocenters. The fourth-order valence-electron chi connectivity index (χ4n) is 5.54. The third-order valence-corrected chi connectivity index (χ3v) is 7.92. The number of aryl methyl sites for hydroxylation is 1. The predicted octanol–water partition coefficient (Wildman–Crippen LogP) is 2.22. The Balaban J connectivity index is 1.56. The minimum absolute atomic E-state index is 0.0298. The van der Waals surface area contributed by atoms with Gasteiger partial charge in [0.05, 0.1) is 17.4 Å². The summed E-state index contributed by atoms with van der Waals surface area (Å²) in [4.78, 5) is 53.3. The highest BCUT2D eigenvalue weighted by atomic mass is 19.1. The van der Waals surface area contributed by atoms with E-state index in [-0.39, 0.29) is 37.3 Å². The molecule has 1 aliphatic carbocycles. The van der Waals surface area contributed by atoms with E-state index in [9.17, 15) is 28.7 Å². The number of nitrogens with one attached hydrogen (secondary N) is 3. The molecule has 2 aromatic rings. The standard InChI is InChI=1S/C28H35FN4O6/c1-15-12-18(6-7-20(15)29)30-24(36)21-16(2)22(33(5)17(21)3)23(35)25(37)31-28(8-10-39-11-9-28)26(38)32-27(4)13-19(34)14-27/h6-7,12,19,34H,8-11,13-14H2,1-5H3,(H,30,36)(H,31,37)(H,32,38)/t19-,27+. The number of rotatable bonds is 7. The first-order valence-corrected chi connectivity index (χ1v) is 13.0. The third-order valence-electron chi connectivity index (χ3n) is 7.92. The number of anilines is 1. The van der Waals surface area contributed by atoms with Crippen molar-refractivity contribution in [2.75, 3.05) is 18.5 Å². The minimum Gasteiger partial charge on any atom is -0.393 e. The van der Waals surface area contributed by atoms with E-state index in [1.807, 2.05) is 6.92 Å². The van der Waals surface area contributed by atoms with Crippen LogP contribution in [-0.4, -0.2) is 63.6 Å². The Kier molecular flexibility index (Phi) is 7.68. The lowest BCUT2D eigenvalue weighted by Gasteiger charge is -2.46. The summed E-state index contributed by atoms with van der Waals surface area (Å²) in [5.74, 6) is -3.15. The van der Waals surface area contributed by atoms with Crippen molar-refractivity contribution < 1.29 is 33.4 Å². The summed E-state index contributed by atoms with van der Waals surface area (Å²) in [6, 6.07) is 4.20. The number of ketones is 1. The predicted molar refractivity (Wildman–Crippen MR) is 141 cm³/mol. The molecule has 0 spiro atoms. The number of nitrogens with zero attached hydrogens (tertiary/aromatic N) is 1. The average Bonchev–Trinajstić information content (AvgIpc) is 3.08. The van der Waals surface area contributed by atoms with Gasteiger partial charge in [0.2, 0.25) is 5.91 Å². The number of halogens is 1. The number of hydrogen-bond acceptors (Lipinski definition) is 6. The third kappa shape index (κ3) is 5.46. The van der Waals surface area contributed by atoms with Crippen LogP contribution in [0.5, 0.6) is 0 Å². The molecule has 2 aliphatic rings. The van der Waals surface area contributed by atoms with Crippen molar-refractivity contribution in [3.8, 4) is 0 Å². The SMILES string of the molecule is Cc1cc(NC(=O)c2c(C)c(C(=O)C(=O)NC3(C(=O)N[C@]4(C)C[C@H](O)C4)CCOCC3)n(C)c2C)ccc1F. The summed E-state index contributed by atoms with van der Waals surface area (Å²) < 4.78 is 20.5. The minimum atomic E-state index is -1.34. The van der Waals surface area contributed by atoms with Gasteiger partial charge in [-0.05, 0) is 69.9 Å². The first kappa shape index (κ1) is 28.4. The van der Waals surface area contributed by atoms with Crippen LogP contribution in [0.4, 0.5) is 10.1 Å². The maximum absolute atomic E-state index is 13.6. The number of carbonyl (C=O) groups excluding carboxylic acids is 4. The Morgan fingerprint density at radius 1 is 1.08 bits per heavy atom. The molecule has 4 N–H and O–H groups in total. The molecule has 1 aromatic heterocycles. The van der Waals surface area contributed by atoms with Gasteiger partial charge in [-0.25, -0.2) is 4.39 Å². The van der Waals surface area contributed by atoms with Crippen LogP contribution in [0.3, 0.4) is 0 Å². The molecule has 1 aromatic carbocycles. The number of Topliss-reactive ketones (excluding diaryl/α,β-unsaturated/α-hetero) is 1. The van der Waals surface area contributed by atoms with Gasteiger partial charge < -0.3 is 30.4 Å². The van der Waals surface area contributed by atoms with Crippen LogP contribution in [0.1, 0.15) is 70.3 Å². The average molecular weight is 543 g/mol. The van der Waals surface area contributed by atoms with Crippen molar-refractivity contribution >= 4 is 29.2 Å². The van der Waals surface area contributed by atoms with Crippen LogP contribution in [0.15, 0.2) is 18.2 Å². The van der Waals surface area contributed by atoms with E-state index in [2.05, 4.69) is 16.0 Å². The van der Waals surface area contributed by atoms with Crippen LogP contribution >= 0.6 is 0 Å². The molecule has 0 bridgehead atoms. The Labute approximate surface area is 226 Å².